The lowest BCUT2D eigenvalue weighted by Gasteiger charge is -2.42. The van der Waals surface area contributed by atoms with E-state index in [9.17, 15) is 9.59 Å². The maximum atomic E-state index is 12.5. The largest absolute Gasteiger partial charge is 0.481 e. The molecule has 0 aromatic carbocycles. The molecule has 2 atom stereocenters. The van der Waals surface area contributed by atoms with E-state index < -0.39 is 5.97 Å². The second-order valence-electron chi connectivity index (χ2n) is 5.81. The highest BCUT2D eigenvalue weighted by Crippen LogP contribution is 2.24. The molecule has 6 heteroatoms. The van der Waals surface area contributed by atoms with Crippen LogP contribution in [0.5, 0.6) is 0 Å². The summed E-state index contributed by atoms with van der Waals surface area (Å²) in [5.74, 6) is -1.04. The van der Waals surface area contributed by atoms with Crippen molar-refractivity contribution in [3.63, 3.8) is 0 Å². The van der Waals surface area contributed by atoms with Crippen LogP contribution in [0.1, 0.15) is 26.7 Å². The van der Waals surface area contributed by atoms with Crippen molar-refractivity contribution in [1.29, 1.82) is 0 Å². The van der Waals surface area contributed by atoms with Crippen LogP contribution in [0.3, 0.4) is 0 Å². The van der Waals surface area contributed by atoms with Gasteiger partial charge < -0.3 is 19.8 Å². The number of carboxylic acid groups (broad SMARTS) is 1. The molecular formula is C14H25N3O3. The van der Waals surface area contributed by atoms with Gasteiger partial charge in [0.15, 0.2) is 0 Å². The monoisotopic (exact) mass is 283 g/mol. The maximum Gasteiger partial charge on any atom is 0.320 e. The summed E-state index contributed by atoms with van der Waals surface area (Å²) in [6.07, 6.45) is 1.14. The number of nitrogens with zero attached hydrogens (tertiary/aromatic N) is 3. The number of hydrogen-bond donors (Lipinski definition) is 1. The molecule has 2 rings (SSSR count). The van der Waals surface area contributed by atoms with Crippen LogP contribution < -0.4 is 0 Å². The lowest BCUT2D eigenvalue weighted by Crippen LogP contribution is -2.56. The number of aliphatic carboxylic acids is 1. The zero-order valence-corrected chi connectivity index (χ0v) is 12.4. The molecule has 2 aliphatic rings. The molecule has 1 N–H and O–H groups in total. The molecule has 0 radical (unpaired) electrons. The average Bonchev–Trinajstić information content (AvgIpc) is 2.46. The fourth-order valence-electron chi connectivity index (χ4n) is 3.12. The Labute approximate surface area is 120 Å². The third kappa shape index (κ3) is 3.23. The molecule has 2 fully saturated rings. The first-order valence-corrected chi connectivity index (χ1v) is 7.53. The van der Waals surface area contributed by atoms with Crippen LogP contribution in [0, 0.1) is 5.92 Å². The Morgan fingerprint density at radius 1 is 1.15 bits per heavy atom. The van der Waals surface area contributed by atoms with Crippen LogP contribution in [-0.4, -0.2) is 77.1 Å². The Hall–Kier alpha value is -1.30. The molecule has 2 amide bonds. The molecule has 0 aliphatic carbocycles. The molecule has 6 nitrogen and oxygen atoms in total. The summed E-state index contributed by atoms with van der Waals surface area (Å²) in [5.41, 5.74) is 0. The van der Waals surface area contributed by atoms with Crippen LogP contribution in [0.4, 0.5) is 4.79 Å². The van der Waals surface area contributed by atoms with Crippen LogP contribution in [0.2, 0.25) is 0 Å². The van der Waals surface area contributed by atoms with Crippen LogP contribution in [0.25, 0.3) is 0 Å². The summed E-state index contributed by atoms with van der Waals surface area (Å²) < 4.78 is 0. The normalized spacial score (nSPS) is 28.5. The van der Waals surface area contributed by atoms with Crippen molar-refractivity contribution >= 4 is 12.0 Å². The second-order valence-corrected chi connectivity index (χ2v) is 5.81. The minimum atomic E-state index is -0.736. The van der Waals surface area contributed by atoms with E-state index in [-0.39, 0.29) is 18.0 Å². The Bertz CT molecular complexity index is 367. The number of likely N-dealkylation sites (N-methyl/N-ethyl adjacent to an activating group) is 1. The number of carbonyl (C=O) groups is 2. The van der Waals surface area contributed by atoms with Gasteiger partial charge in [0.2, 0.25) is 0 Å². The number of piperazine rings is 1. The van der Waals surface area contributed by atoms with Gasteiger partial charge >= 0.3 is 12.0 Å². The van der Waals surface area contributed by atoms with Crippen molar-refractivity contribution in [2.45, 2.75) is 32.7 Å². The smallest absolute Gasteiger partial charge is 0.320 e. The number of piperidine rings is 1. The van der Waals surface area contributed by atoms with E-state index >= 15 is 0 Å². The molecular weight excluding hydrogens is 258 g/mol. The molecule has 0 aromatic heterocycles. The molecule has 2 saturated heterocycles. The number of hydrogen-bond acceptors (Lipinski definition) is 3. The van der Waals surface area contributed by atoms with E-state index in [1.165, 1.54) is 0 Å². The third-order valence-corrected chi connectivity index (χ3v) is 4.56. The summed E-state index contributed by atoms with van der Waals surface area (Å²) in [6.45, 7) is 9.10. The van der Waals surface area contributed by atoms with Crippen molar-refractivity contribution in [2.75, 3.05) is 39.3 Å². The van der Waals surface area contributed by atoms with E-state index in [4.69, 9.17) is 5.11 Å². The molecule has 114 valence electrons. The summed E-state index contributed by atoms with van der Waals surface area (Å²) in [6, 6.07) is 0.0960. The number of likely N-dealkylation sites (tertiary alicyclic amines) is 1. The Morgan fingerprint density at radius 2 is 1.80 bits per heavy atom. The van der Waals surface area contributed by atoms with E-state index in [0.717, 1.165) is 32.7 Å². The first-order chi connectivity index (χ1) is 9.52. The fraction of sp³-hybridized carbons (Fsp3) is 0.857. The molecule has 0 spiro atoms. The Morgan fingerprint density at radius 3 is 2.30 bits per heavy atom. The van der Waals surface area contributed by atoms with E-state index in [1.807, 2.05) is 16.7 Å². The summed E-state index contributed by atoms with van der Waals surface area (Å²) >= 11 is 0. The fourth-order valence-corrected chi connectivity index (χ4v) is 3.12. The quantitative estimate of drug-likeness (QED) is 0.819. The average molecular weight is 283 g/mol. The standard InChI is InChI=1S/C14H25N3O3/c1-3-15-6-8-16(9-7-15)14(20)17-5-4-12(13(18)19)10-11(17)2/h11-12H,3-10H2,1-2H3,(H,18,19). The number of rotatable bonds is 2. The van der Waals surface area contributed by atoms with Crippen LogP contribution in [-0.2, 0) is 4.79 Å². The number of urea groups is 1. The van der Waals surface area contributed by atoms with Gasteiger partial charge in [-0.1, -0.05) is 6.92 Å². The minimum absolute atomic E-state index is 0.0153. The molecule has 0 bridgehead atoms. The van der Waals surface area contributed by atoms with Crippen molar-refractivity contribution < 1.29 is 14.7 Å². The molecule has 2 heterocycles. The van der Waals surface area contributed by atoms with Crippen molar-refractivity contribution in [3.8, 4) is 0 Å². The van der Waals surface area contributed by atoms with Crippen molar-refractivity contribution in [2.24, 2.45) is 5.92 Å². The maximum absolute atomic E-state index is 12.5. The van der Waals surface area contributed by atoms with Crippen LogP contribution in [0.15, 0.2) is 0 Å². The first kappa shape index (κ1) is 15.1. The highest BCUT2D eigenvalue weighted by atomic mass is 16.4. The zero-order valence-electron chi connectivity index (χ0n) is 12.4. The zero-order chi connectivity index (χ0) is 14.7. The van der Waals surface area contributed by atoms with Gasteiger partial charge in [0.05, 0.1) is 5.92 Å². The number of carboxylic acids is 1. The van der Waals surface area contributed by atoms with E-state index in [2.05, 4.69) is 11.8 Å². The molecule has 20 heavy (non-hydrogen) atoms. The summed E-state index contributed by atoms with van der Waals surface area (Å²) in [7, 11) is 0. The lowest BCUT2D eigenvalue weighted by atomic mass is 9.92. The minimum Gasteiger partial charge on any atom is -0.481 e. The number of amides is 2. The summed E-state index contributed by atoms with van der Waals surface area (Å²) in [4.78, 5) is 29.6. The van der Waals surface area contributed by atoms with Gasteiger partial charge in [-0.05, 0) is 26.3 Å². The predicted molar refractivity (Wildman–Crippen MR) is 75.6 cm³/mol. The molecule has 2 aliphatic heterocycles. The Kier molecular flexibility index (Phi) is 4.86. The van der Waals surface area contributed by atoms with Gasteiger partial charge in [0.25, 0.3) is 0 Å². The van der Waals surface area contributed by atoms with Gasteiger partial charge in [0.1, 0.15) is 0 Å². The van der Waals surface area contributed by atoms with Gasteiger partial charge in [0, 0.05) is 38.8 Å². The van der Waals surface area contributed by atoms with Crippen LogP contribution >= 0.6 is 0 Å². The predicted octanol–water partition coefficient (Wildman–Crippen LogP) is 0.929. The molecule has 2 unspecified atom stereocenters. The number of carbonyl (C=O) groups excluding carboxylic acids is 1. The van der Waals surface area contributed by atoms with Gasteiger partial charge in [-0.25, -0.2) is 4.79 Å². The highest BCUT2D eigenvalue weighted by molar-refractivity contribution is 5.76. The molecule has 0 saturated carbocycles. The summed E-state index contributed by atoms with van der Waals surface area (Å²) in [5, 5.41) is 9.07. The van der Waals surface area contributed by atoms with Gasteiger partial charge in [-0.3, -0.25) is 4.79 Å². The second kappa shape index (κ2) is 6.43. The van der Waals surface area contributed by atoms with E-state index in [0.29, 0.717) is 19.4 Å². The molecule has 0 aromatic rings. The topological polar surface area (TPSA) is 64.1 Å². The highest BCUT2D eigenvalue weighted by Gasteiger charge is 2.34. The van der Waals surface area contributed by atoms with Crippen molar-refractivity contribution in [3.05, 3.63) is 0 Å². The third-order valence-electron chi connectivity index (χ3n) is 4.56. The van der Waals surface area contributed by atoms with Gasteiger partial charge in [-0.2, -0.15) is 0 Å². The Balaban J connectivity index is 1.89. The lowest BCUT2D eigenvalue weighted by molar-refractivity contribution is -0.143. The first-order valence-electron chi connectivity index (χ1n) is 7.53. The van der Waals surface area contributed by atoms with E-state index in [1.54, 1.807) is 0 Å². The van der Waals surface area contributed by atoms with Gasteiger partial charge in [-0.15, -0.1) is 0 Å². The SMILES string of the molecule is CCN1CCN(C(=O)N2CCC(C(=O)O)CC2C)CC1. The van der Waals surface area contributed by atoms with Crippen molar-refractivity contribution in [1.82, 2.24) is 14.7 Å².